The van der Waals surface area contributed by atoms with E-state index < -0.39 is 35.1 Å². The summed E-state index contributed by atoms with van der Waals surface area (Å²) in [5.41, 5.74) is -0.519. The normalized spacial score (nSPS) is 10.5. The number of ether oxygens (including phenoxy) is 1. The number of hydrogen-bond acceptors (Lipinski definition) is 4. The fourth-order valence-electron chi connectivity index (χ4n) is 2.12. The van der Waals surface area contributed by atoms with E-state index in [2.05, 4.69) is 5.32 Å². The molecule has 0 saturated carbocycles. The van der Waals surface area contributed by atoms with Crippen molar-refractivity contribution < 1.29 is 31.9 Å². The first-order valence-corrected chi connectivity index (χ1v) is 7.79. The molecule has 0 aliphatic carbocycles. The summed E-state index contributed by atoms with van der Waals surface area (Å²) < 4.78 is 50.0. The molecule has 0 fully saturated rings. The maximum absolute atomic E-state index is 13.7. The molecule has 0 saturated heterocycles. The molecule has 1 heterocycles. The van der Waals surface area contributed by atoms with E-state index in [1.165, 1.54) is 6.26 Å². The minimum absolute atomic E-state index is 0.0104. The zero-order valence-electron chi connectivity index (χ0n) is 13.9. The van der Waals surface area contributed by atoms with Gasteiger partial charge in [-0.25, -0.2) is 18.0 Å². The molecule has 1 aromatic heterocycles. The van der Waals surface area contributed by atoms with Gasteiger partial charge >= 0.3 is 12.0 Å². The number of nitrogens with one attached hydrogen (secondary N) is 1. The Balaban J connectivity index is 2.11. The van der Waals surface area contributed by atoms with E-state index in [0.717, 1.165) is 11.0 Å². The molecule has 1 aromatic carbocycles. The molecule has 2 amide bonds. The number of carbonyl (C=O) groups excluding carboxylic acids is 2. The lowest BCUT2D eigenvalue weighted by atomic mass is 10.3. The highest BCUT2D eigenvalue weighted by Gasteiger charge is 2.20. The van der Waals surface area contributed by atoms with Crippen LogP contribution in [0, 0.1) is 17.5 Å². The predicted octanol–water partition coefficient (Wildman–Crippen LogP) is 3.68. The lowest BCUT2D eigenvalue weighted by Crippen LogP contribution is -2.36. The Hall–Kier alpha value is -2.97. The zero-order valence-corrected chi connectivity index (χ0v) is 13.9. The highest BCUT2D eigenvalue weighted by molar-refractivity contribution is 5.89. The lowest BCUT2D eigenvalue weighted by Gasteiger charge is -2.22. The summed E-state index contributed by atoms with van der Waals surface area (Å²) in [6.45, 7) is 1.79. The Morgan fingerprint density at radius 3 is 2.62 bits per heavy atom. The zero-order chi connectivity index (χ0) is 19.1. The van der Waals surface area contributed by atoms with E-state index >= 15 is 0 Å². The van der Waals surface area contributed by atoms with Crippen molar-refractivity contribution in [3.05, 3.63) is 53.7 Å². The van der Waals surface area contributed by atoms with Gasteiger partial charge in [0.1, 0.15) is 5.76 Å². The minimum Gasteiger partial charge on any atom is -0.467 e. The van der Waals surface area contributed by atoms with Crippen molar-refractivity contribution in [2.45, 2.75) is 19.9 Å². The number of halogens is 3. The fourth-order valence-corrected chi connectivity index (χ4v) is 2.12. The van der Waals surface area contributed by atoms with Gasteiger partial charge in [0.05, 0.1) is 31.5 Å². The molecule has 0 radical (unpaired) electrons. The van der Waals surface area contributed by atoms with Crippen LogP contribution in [0.4, 0.5) is 23.7 Å². The Kier molecular flexibility index (Phi) is 6.65. The summed E-state index contributed by atoms with van der Waals surface area (Å²) >= 11 is 0. The molecule has 0 atom stereocenters. The van der Waals surface area contributed by atoms with Crippen molar-refractivity contribution >= 4 is 17.7 Å². The largest absolute Gasteiger partial charge is 0.467 e. The number of nitrogens with zero attached hydrogens (tertiary/aromatic N) is 1. The van der Waals surface area contributed by atoms with Crippen LogP contribution < -0.4 is 5.32 Å². The lowest BCUT2D eigenvalue weighted by molar-refractivity contribution is -0.143. The molecule has 0 unspecified atom stereocenters. The maximum atomic E-state index is 13.7. The highest BCUT2D eigenvalue weighted by Crippen LogP contribution is 2.20. The number of rotatable bonds is 7. The van der Waals surface area contributed by atoms with Crippen molar-refractivity contribution in [1.29, 1.82) is 0 Å². The number of furan rings is 1. The van der Waals surface area contributed by atoms with Gasteiger partial charge in [0.2, 0.25) is 0 Å². The Labute approximate surface area is 147 Å². The van der Waals surface area contributed by atoms with Gasteiger partial charge in [-0.05, 0) is 31.2 Å². The van der Waals surface area contributed by atoms with Crippen LogP contribution in [0.15, 0.2) is 34.9 Å². The first-order valence-electron chi connectivity index (χ1n) is 7.79. The molecule has 2 rings (SSSR count). The first-order chi connectivity index (χ1) is 12.4. The smallest absolute Gasteiger partial charge is 0.322 e. The van der Waals surface area contributed by atoms with E-state index in [9.17, 15) is 22.8 Å². The molecule has 140 valence electrons. The quantitative estimate of drug-likeness (QED) is 0.596. The van der Waals surface area contributed by atoms with Crippen molar-refractivity contribution in [2.24, 2.45) is 0 Å². The average Bonchev–Trinajstić information content (AvgIpc) is 3.12. The fraction of sp³-hybridized carbons (Fsp3) is 0.294. The molecule has 0 spiro atoms. The number of amides is 2. The maximum Gasteiger partial charge on any atom is 0.322 e. The number of anilines is 1. The summed E-state index contributed by atoms with van der Waals surface area (Å²) in [5, 5.41) is 2.16. The van der Waals surface area contributed by atoms with Crippen LogP contribution in [0.2, 0.25) is 0 Å². The van der Waals surface area contributed by atoms with E-state index in [4.69, 9.17) is 9.15 Å². The molecular weight excluding hydrogens is 353 g/mol. The number of esters is 1. The molecule has 0 bridgehead atoms. The van der Waals surface area contributed by atoms with Gasteiger partial charge in [-0.1, -0.05) is 0 Å². The van der Waals surface area contributed by atoms with E-state index in [1.807, 2.05) is 0 Å². The van der Waals surface area contributed by atoms with Crippen LogP contribution in [0.3, 0.4) is 0 Å². The summed E-state index contributed by atoms with van der Waals surface area (Å²) in [6.07, 6.45) is 1.31. The second kappa shape index (κ2) is 8.93. The van der Waals surface area contributed by atoms with Crippen LogP contribution in [0.1, 0.15) is 19.1 Å². The first kappa shape index (κ1) is 19.4. The van der Waals surface area contributed by atoms with E-state index in [0.29, 0.717) is 11.8 Å². The van der Waals surface area contributed by atoms with Crippen LogP contribution in [-0.2, 0) is 16.1 Å². The predicted molar refractivity (Wildman–Crippen MR) is 85.7 cm³/mol. The summed E-state index contributed by atoms with van der Waals surface area (Å²) in [4.78, 5) is 25.1. The minimum atomic E-state index is -1.69. The Morgan fingerprint density at radius 1 is 1.19 bits per heavy atom. The number of hydrogen-bond donors (Lipinski definition) is 1. The van der Waals surface area contributed by atoms with Gasteiger partial charge in [0.15, 0.2) is 17.5 Å². The van der Waals surface area contributed by atoms with E-state index in [1.54, 1.807) is 19.1 Å². The monoisotopic (exact) mass is 370 g/mol. The van der Waals surface area contributed by atoms with Gasteiger partial charge in [-0.15, -0.1) is 0 Å². The molecule has 2 aromatic rings. The molecule has 1 N–H and O–H groups in total. The highest BCUT2D eigenvalue weighted by atomic mass is 19.2. The van der Waals surface area contributed by atoms with Crippen LogP contribution in [0.25, 0.3) is 0 Å². The van der Waals surface area contributed by atoms with E-state index in [-0.39, 0.29) is 26.1 Å². The molecule has 0 aliphatic heterocycles. The van der Waals surface area contributed by atoms with Crippen LogP contribution in [0.5, 0.6) is 0 Å². The third-order valence-corrected chi connectivity index (χ3v) is 3.38. The summed E-state index contributed by atoms with van der Waals surface area (Å²) in [7, 11) is 0. The average molecular weight is 370 g/mol. The molecule has 9 heteroatoms. The number of carbonyl (C=O) groups is 2. The third kappa shape index (κ3) is 5.01. The molecule has 26 heavy (non-hydrogen) atoms. The summed E-state index contributed by atoms with van der Waals surface area (Å²) in [6, 6.07) is 4.02. The van der Waals surface area contributed by atoms with Crippen molar-refractivity contribution in [3.63, 3.8) is 0 Å². The molecular formula is C17H17F3N2O4. The van der Waals surface area contributed by atoms with Crippen LogP contribution in [-0.4, -0.2) is 30.1 Å². The molecule has 0 aliphatic rings. The third-order valence-electron chi connectivity index (χ3n) is 3.38. The van der Waals surface area contributed by atoms with Crippen molar-refractivity contribution in [1.82, 2.24) is 4.90 Å². The standard InChI is InChI=1S/C17H17F3N2O4/c1-2-25-14(23)7-8-22(10-11-4-3-9-26-11)17(24)21-13-6-5-12(18)15(19)16(13)20/h3-6,9H,2,7-8,10H2,1H3,(H,21,24). The second-order valence-electron chi connectivity index (χ2n) is 5.21. The van der Waals surface area contributed by atoms with Gasteiger partial charge < -0.3 is 19.4 Å². The van der Waals surface area contributed by atoms with Gasteiger partial charge in [0.25, 0.3) is 0 Å². The number of urea groups is 1. The van der Waals surface area contributed by atoms with Gasteiger partial charge in [0, 0.05) is 6.54 Å². The Morgan fingerprint density at radius 2 is 1.96 bits per heavy atom. The van der Waals surface area contributed by atoms with Gasteiger partial charge in [-0.2, -0.15) is 0 Å². The second-order valence-corrected chi connectivity index (χ2v) is 5.21. The van der Waals surface area contributed by atoms with Crippen LogP contribution >= 0.6 is 0 Å². The van der Waals surface area contributed by atoms with Crippen molar-refractivity contribution in [2.75, 3.05) is 18.5 Å². The summed E-state index contributed by atoms with van der Waals surface area (Å²) in [5.74, 6) is -4.65. The van der Waals surface area contributed by atoms with Crippen molar-refractivity contribution in [3.8, 4) is 0 Å². The Bertz CT molecular complexity index is 766. The molecule has 6 nitrogen and oxygen atoms in total. The van der Waals surface area contributed by atoms with Gasteiger partial charge in [-0.3, -0.25) is 4.79 Å². The SMILES string of the molecule is CCOC(=O)CCN(Cc1ccco1)C(=O)Nc1ccc(F)c(F)c1F. The topological polar surface area (TPSA) is 71.8 Å². The number of benzene rings is 1.